The molecule has 0 bridgehead atoms. The van der Waals surface area contributed by atoms with Crippen LogP contribution < -0.4 is 5.32 Å². The van der Waals surface area contributed by atoms with E-state index in [4.69, 9.17) is 0 Å². The van der Waals surface area contributed by atoms with E-state index in [1.807, 2.05) is 0 Å². The minimum Gasteiger partial charge on any atom is -0.316 e. The molecule has 0 aromatic heterocycles. The molecule has 1 aliphatic carbocycles. The average Bonchev–Trinajstić information content (AvgIpc) is 2.45. The fourth-order valence-corrected chi connectivity index (χ4v) is 5.29. The van der Waals surface area contributed by atoms with E-state index in [2.05, 4.69) is 59.4 Å². The molecule has 20 heavy (non-hydrogen) atoms. The second-order valence-electron chi connectivity index (χ2n) is 7.05. The second-order valence-corrected chi connectivity index (χ2v) is 7.90. The molecule has 2 fully saturated rings. The first kappa shape index (κ1) is 14.6. The summed E-state index contributed by atoms with van der Waals surface area (Å²) in [5, 5.41) is 3.65. The Morgan fingerprint density at radius 1 is 1.20 bits per heavy atom. The van der Waals surface area contributed by atoms with Crippen molar-refractivity contribution in [3.8, 4) is 0 Å². The molecule has 0 radical (unpaired) electrons. The Kier molecular flexibility index (Phi) is 4.24. The molecule has 1 N–H and O–H groups in total. The number of nitrogens with one attached hydrogen (secondary N) is 1. The minimum atomic E-state index is 0.507. The van der Waals surface area contributed by atoms with Crippen molar-refractivity contribution in [2.45, 2.75) is 45.4 Å². The fourth-order valence-electron chi connectivity index (χ4n) is 4.73. The van der Waals surface area contributed by atoms with E-state index in [1.165, 1.54) is 42.3 Å². The molecule has 0 amide bonds. The number of rotatable bonds is 1. The highest BCUT2D eigenvalue weighted by Crippen LogP contribution is 2.56. The number of piperidine rings is 1. The van der Waals surface area contributed by atoms with Gasteiger partial charge in [-0.3, -0.25) is 0 Å². The van der Waals surface area contributed by atoms with E-state index < -0.39 is 0 Å². The topological polar surface area (TPSA) is 12.0 Å². The maximum Gasteiger partial charge on any atom is 0.0210 e. The molecule has 1 aromatic carbocycles. The Bertz CT molecular complexity index is 472. The lowest BCUT2D eigenvalue weighted by Gasteiger charge is -2.53. The van der Waals surface area contributed by atoms with E-state index >= 15 is 0 Å². The van der Waals surface area contributed by atoms with Crippen molar-refractivity contribution in [3.05, 3.63) is 34.3 Å². The quantitative estimate of drug-likeness (QED) is 0.764. The van der Waals surface area contributed by atoms with Gasteiger partial charge in [0.15, 0.2) is 0 Å². The van der Waals surface area contributed by atoms with Gasteiger partial charge in [-0.05, 0) is 54.7 Å². The van der Waals surface area contributed by atoms with Crippen LogP contribution in [-0.2, 0) is 0 Å². The molecule has 1 aliphatic heterocycles. The highest BCUT2D eigenvalue weighted by atomic mass is 79.9. The lowest BCUT2D eigenvalue weighted by Crippen LogP contribution is -2.49. The molecule has 1 saturated heterocycles. The summed E-state index contributed by atoms with van der Waals surface area (Å²) < 4.78 is 1.29. The van der Waals surface area contributed by atoms with Gasteiger partial charge >= 0.3 is 0 Å². The van der Waals surface area contributed by atoms with Gasteiger partial charge in [0.2, 0.25) is 0 Å². The van der Waals surface area contributed by atoms with E-state index in [1.54, 1.807) is 0 Å². The minimum absolute atomic E-state index is 0.507. The maximum absolute atomic E-state index is 3.79. The standard InChI is InChI=1S/C18H26BrN/c1-13-7-8-14(2)18(11-13)9-10-20-12-16(18)15-5-3-4-6-17(15)19/h3-6,13-14,16,20H,7-12H2,1-2H3. The first-order valence-electron chi connectivity index (χ1n) is 8.08. The Hall–Kier alpha value is -0.340. The molecule has 2 heteroatoms. The van der Waals surface area contributed by atoms with Crippen molar-refractivity contribution in [1.29, 1.82) is 0 Å². The van der Waals surface area contributed by atoms with Crippen molar-refractivity contribution >= 4 is 15.9 Å². The van der Waals surface area contributed by atoms with E-state index in [0.717, 1.165) is 18.4 Å². The zero-order chi connectivity index (χ0) is 14.2. The summed E-state index contributed by atoms with van der Waals surface area (Å²) in [4.78, 5) is 0. The van der Waals surface area contributed by atoms with Crippen LogP contribution in [0.1, 0.15) is 51.0 Å². The number of hydrogen-bond donors (Lipinski definition) is 1. The molecule has 1 saturated carbocycles. The molecule has 1 spiro atoms. The average molecular weight is 336 g/mol. The fraction of sp³-hybridized carbons (Fsp3) is 0.667. The smallest absolute Gasteiger partial charge is 0.0210 e. The van der Waals surface area contributed by atoms with Crippen LogP contribution in [-0.4, -0.2) is 13.1 Å². The van der Waals surface area contributed by atoms with Crippen molar-refractivity contribution < 1.29 is 0 Å². The van der Waals surface area contributed by atoms with Crippen LogP contribution in [0.25, 0.3) is 0 Å². The van der Waals surface area contributed by atoms with Gasteiger partial charge in [0.25, 0.3) is 0 Å². The molecule has 4 unspecified atom stereocenters. The molecule has 1 heterocycles. The number of halogens is 1. The van der Waals surface area contributed by atoms with Gasteiger partial charge in [-0.2, -0.15) is 0 Å². The van der Waals surface area contributed by atoms with E-state index in [-0.39, 0.29) is 0 Å². The van der Waals surface area contributed by atoms with Crippen LogP contribution in [0.15, 0.2) is 28.7 Å². The van der Waals surface area contributed by atoms with Gasteiger partial charge in [-0.25, -0.2) is 0 Å². The number of benzene rings is 1. The summed E-state index contributed by atoms with van der Waals surface area (Å²) in [5.74, 6) is 2.39. The third-order valence-electron chi connectivity index (χ3n) is 5.89. The Balaban J connectivity index is 2.00. The van der Waals surface area contributed by atoms with Crippen molar-refractivity contribution in [3.63, 3.8) is 0 Å². The summed E-state index contributed by atoms with van der Waals surface area (Å²) in [6.45, 7) is 7.28. The highest BCUT2D eigenvalue weighted by Gasteiger charge is 2.48. The lowest BCUT2D eigenvalue weighted by molar-refractivity contribution is 0.0182. The van der Waals surface area contributed by atoms with Crippen LogP contribution >= 0.6 is 15.9 Å². The summed E-state index contributed by atoms with van der Waals surface area (Å²) >= 11 is 3.79. The van der Waals surface area contributed by atoms with Crippen LogP contribution in [0.4, 0.5) is 0 Å². The van der Waals surface area contributed by atoms with Crippen molar-refractivity contribution in [2.24, 2.45) is 17.3 Å². The first-order chi connectivity index (χ1) is 9.63. The van der Waals surface area contributed by atoms with Gasteiger partial charge in [0.05, 0.1) is 0 Å². The molecular formula is C18H26BrN. The van der Waals surface area contributed by atoms with Crippen molar-refractivity contribution in [1.82, 2.24) is 5.32 Å². The van der Waals surface area contributed by atoms with Gasteiger partial charge in [-0.15, -0.1) is 0 Å². The summed E-state index contributed by atoms with van der Waals surface area (Å²) in [6.07, 6.45) is 5.56. The molecule has 1 nitrogen and oxygen atoms in total. The highest BCUT2D eigenvalue weighted by molar-refractivity contribution is 9.10. The third-order valence-corrected chi connectivity index (χ3v) is 6.61. The Morgan fingerprint density at radius 3 is 2.80 bits per heavy atom. The molecule has 4 atom stereocenters. The number of hydrogen-bond acceptors (Lipinski definition) is 1. The molecule has 1 aromatic rings. The van der Waals surface area contributed by atoms with Gasteiger partial charge in [0, 0.05) is 16.9 Å². The predicted octanol–water partition coefficient (Wildman–Crippen LogP) is 4.97. The zero-order valence-corrected chi connectivity index (χ0v) is 14.2. The van der Waals surface area contributed by atoms with E-state index in [9.17, 15) is 0 Å². The van der Waals surface area contributed by atoms with Crippen LogP contribution in [0.3, 0.4) is 0 Å². The SMILES string of the molecule is CC1CCC(C)C2(CCNCC2c2ccccc2Br)C1. The summed E-state index contributed by atoms with van der Waals surface area (Å²) in [5.41, 5.74) is 2.02. The Labute approximate surface area is 131 Å². The van der Waals surface area contributed by atoms with Crippen LogP contribution in [0.5, 0.6) is 0 Å². The summed E-state index contributed by atoms with van der Waals surface area (Å²) in [6, 6.07) is 8.85. The molecule has 2 aliphatic rings. The predicted molar refractivity (Wildman–Crippen MR) is 89.0 cm³/mol. The zero-order valence-electron chi connectivity index (χ0n) is 12.7. The summed E-state index contributed by atoms with van der Waals surface area (Å²) in [7, 11) is 0. The normalized spacial score (nSPS) is 38.0. The monoisotopic (exact) mass is 335 g/mol. The molecule has 110 valence electrons. The third kappa shape index (κ3) is 2.46. The maximum atomic E-state index is 3.79. The van der Waals surface area contributed by atoms with Crippen molar-refractivity contribution in [2.75, 3.05) is 13.1 Å². The first-order valence-corrected chi connectivity index (χ1v) is 8.88. The second kappa shape index (κ2) is 5.81. The molecule has 3 rings (SSSR count). The lowest BCUT2D eigenvalue weighted by atomic mass is 9.54. The van der Waals surface area contributed by atoms with Crippen LogP contribution in [0.2, 0.25) is 0 Å². The van der Waals surface area contributed by atoms with Gasteiger partial charge in [0.1, 0.15) is 0 Å². The van der Waals surface area contributed by atoms with Gasteiger partial charge < -0.3 is 5.32 Å². The molecular weight excluding hydrogens is 310 g/mol. The Morgan fingerprint density at radius 2 is 2.00 bits per heavy atom. The van der Waals surface area contributed by atoms with Gasteiger partial charge in [-0.1, -0.05) is 54.4 Å². The van der Waals surface area contributed by atoms with E-state index in [0.29, 0.717) is 11.3 Å². The van der Waals surface area contributed by atoms with Crippen LogP contribution in [0, 0.1) is 17.3 Å². The largest absolute Gasteiger partial charge is 0.316 e.